The largest absolute Gasteiger partial charge is 0.490 e. The van der Waals surface area contributed by atoms with E-state index >= 15 is 0 Å². The van der Waals surface area contributed by atoms with Crippen LogP contribution in [0.25, 0.3) is 0 Å². The van der Waals surface area contributed by atoms with Crippen molar-refractivity contribution in [3.8, 4) is 5.75 Å². The van der Waals surface area contributed by atoms with Crippen molar-refractivity contribution in [2.24, 2.45) is 0 Å². The summed E-state index contributed by atoms with van der Waals surface area (Å²) < 4.78 is 5.20. The average molecular weight is 293 g/mol. The SMILES string of the molecule is COc1c([N+](=O)[O-])ccc(N2CCN(CC=O)CC2)c1C. The second kappa shape index (κ2) is 6.53. The predicted molar refractivity (Wildman–Crippen MR) is 79.1 cm³/mol. The summed E-state index contributed by atoms with van der Waals surface area (Å²) >= 11 is 0. The standard InChI is InChI=1S/C14H19N3O4/c1-11-12(3-4-13(17(19)20)14(11)21-2)16-7-5-15(6-8-16)9-10-18/h3-4,10H,5-9H2,1-2H3. The van der Waals surface area contributed by atoms with E-state index in [1.54, 1.807) is 6.07 Å². The first-order chi connectivity index (χ1) is 10.1. The lowest BCUT2D eigenvalue weighted by Crippen LogP contribution is -2.47. The van der Waals surface area contributed by atoms with Gasteiger partial charge in [-0.3, -0.25) is 15.0 Å². The first kappa shape index (κ1) is 15.2. The lowest BCUT2D eigenvalue weighted by atomic mass is 10.1. The third-order valence-corrected chi connectivity index (χ3v) is 3.80. The van der Waals surface area contributed by atoms with Gasteiger partial charge in [0, 0.05) is 43.5 Å². The summed E-state index contributed by atoms with van der Waals surface area (Å²) in [5.74, 6) is 0.313. The Labute approximate surface area is 123 Å². The van der Waals surface area contributed by atoms with Crippen molar-refractivity contribution in [1.82, 2.24) is 4.90 Å². The molecule has 1 aliphatic heterocycles. The number of nitrogens with zero attached hydrogens (tertiary/aromatic N) is 3. The quantitative estimate of drug-likeness (QED) is 0.462. The molecule has 1 heterocycles. The van der Waals surface area contributed by atoms with Gasteiger partial charge in [-0.25, -0.2) is 0 Å². The average Bonchev–Trinajstić information content (AvgIpc) is 2.48. The van der Waals surface area contributed by atoms with Gasteiger partial charge in [0.25, 0.3) is 0 Å². The zero-order chi connectivity index (χ0) is 15.4. The molecule has 0 amide bonds. The first-order valence-corrected chi connectivity index (χ1v) is 6.81. The van der Waals surface area contributed by atoms with E-state index in [4.69, 9.17) is 4.74 Å². The van der Waals surface area contributed by atoms with Crippen LogP contribution < -0.4 is 9.64 Å². The van der Waals surface area contributed by atoms with Gasteiger partial charge in [0.2, 0.25) is 5.75 Å². The Hall–Kier alpha value is -2.15. The number of methoxy groups -OCH3 is 1. The Morgan fingerprint density at radius 1 is 1.33 bits per heavy atom. The summed E-state index contributed by atoms with van der Waals surface area (Å²) in [6.07, 6.45) is 0.913. The van der Waals surface area contributed by atoms with Gasteiger partial charge in [0.15, 0.2) is 0 Å². The Morgan fingerprint density at radius 3 is 2.52 bits per heavy atom. The Kier molecular flexibility index (Phi) is 4.74. The molecule has 1 aromatic rings. The van der Waals surface area contributed by atoms with Crippen molar-refractivity contribution in [3.63, 3.8) is 0 Å². The Balaban J connectivity index is 2.22. The molecule has 0 unspecified atom stereocenters. The third-order valence-electron chi connectivity index (χ3n) is 3.80. The lowest BCUT2D eigenvalue weighted by molar-refractivity contribution is -0.385. The molecule has 7 heteroatoms. The molecular weight excluding hydrogens is 274 g/mol. The van der Waals surface area contributed by atoms with E-state index in [0.717, 1.165) is 43.7 Å². The fourth-order valence-electron chi connectivity index (χ4n) is 2.69. The maximum Gasteiger partial charge on any atom is 0.311 e. The van der Waals surface area contributed by atoms with Crippen LogP contribution in [0.15, 0.2) is 12.1 Å². The third kappa shape index (κ3) is 3.13. The Bertz CT molecular complexity index is 539. The number of nitro benzene ring substituents is 1. The molecule has 2 rings (SSSR count). The summed E-state index contributed by atoms with van der Waals surface area (Å²) in [7, 11) is 1.45. The smallest absolute Gasteiger partial charge is 0.311 e. The van der Waals surface area contributed by atoms with E-state index in [0.29, 0.717) is 12.3 Å². The zero-order valence-electron chi connectivity index (χ0n) is 12.2. The Morgan fingerprint density at radius 2 is 2.00 bits per heavy atom. The van der Waals surface area contributed by atoms with Crippen LogP contribution in [-0.4, -0.2) is 55.9 Å². The number of aldehydes is 1. The van der Waals surface area contributed by atoms with Gasteiger partial charge in [-0.15, -0.1) is 0 Å². The van der Waals surface area contributed by atoms with E-state index in [9.17, 15) is 14.9 Å². The normalized spacial score (nSPS) is 15.8. The number of rotatable bonds is 5. The van der Waals surface area contributed by atoms with E-state index in [2.05, 4.69) is 9.80 Å². The molecule has 1 saturated heterocycles. The maximum absolute atomic E-state index is 11.0. The van der Waals surface area contributed by atoms with Crippen LogP contribution in [0.4, 0.5) is 11.4 Å². The number of ether oxygens (including phenoxy) is 1. The summed E-state index contributed by atoms with van der Waals surface area (Å²) in [5.41, 5.74) is 1.71. The van der Waals surface area contributed by atoms with Crippen molar-refractivity contribution in [3.05, 3.63) is 27.8 Å². The van der Waals surface area contributed by atoms with E-state index in [1.165, 1.54) is 13.2 Å². The highest BCUT2D eigenvalue weighted by Crippen LogP contribution is 2.37. The van der Waals surface area contributed by atoms with Crippen LogP contribution in [0.3, 0.4) is 0 Å². The van der Waals surface area contributed by atoms with Crippen LogP contribution in [0, 0.1) is 17.0 Å². The van der Waals surface area contributed by atoms with Crippen molar-refractivity contribution in [1.29, 1.82) is 0 Å². The highest BCUT2D eigenvalue weighted by molar-refractivity contribution is 5.66. The molecule has 0 aliphatic carbocycles. The number of hydrogen-bond acceptors (Lipinski definition) is 6. The van der Waals surface area contributed by atoms with Gasteiger partial charge in [-0.1, -0.05) is 0 Å². The molecule has 1 fully saturated rings. The maximum atomic E-state index is 11.0. The lowest BCUT2D eigenvalue weighted by Gasteiger charge is -2.36. The molecule has 1 aliphatic rings. The molecule has 0 N–H and O–H groups in total. The van der Waals surface area contributed by atoms with E-state index in [1.807, 2.05) is 6.92 Å². The molecule has 0 saturated carbocycles. The minimum atomic E-state index is -0.433. The summed E-state index contributed by atoms with van der Waals surface area (Å²) in [6.45, 7) is 5.47. The number of anilines is 1. The zero-order valence-corrected chi connectivity index (χ0v) is 12.2. The van der Waals surface area contributed by atoms with Gasteiger partial charge < -0.3 is 14.4 Å². The molecule has 0 spiro atoms. The number of carbonyl (C=O) groups is 1. The molecule has 0 aromatic heterocycles. The molecule has 7 nitrogen and oxygen atoms in total. The van der Waals surface area contributed by atoms with Crippen molar-refractivity contribution in [2.45, 2.75) is 6.92 Å². The predicted octanol–water partition coefficient (Wildman–Crippen LogP) is 1.23. The topological polar surface area (TPSA) is 75.9 Å². The van der Waals surface area contributed by atoms with Crippen LogP contribution in [-0.2, 0) is 4.79 Å². The number of hydrogen-bond donors (Lipinski definition) is 0. The van der Waals surface area contributed by atoms with Crippen molar-refractivity contribution >= 4 is 17.7 Å². The van der Waals surface area contributed by atoms with Crippen LogP contribution in [0.5, 0.6) is 5.75 Å². The molecule has 0 bridgehead atoms. The van der Waals surface area contributed by atoms with Gasteiger partial charge in [0.05, 0.1) is 18.6 Å². The summed E-state index contributed by atoms with van der Waals surface area (Å²) in [5, 5.41) is 11.0. The molecule has 21 heavy (non-hydrogen) atoms. The first-order valence-electron chi connectivity index (χ1n) is 6.81. The molecule has 0 atom stereocenters. The minimum Gasteiger partial charge on any atom is -0.490 e. The monoisotopic (exact) mass is 293 g/mol. The van der Waals surface area contributed by atoms with E-state index < -0.39 is 4.92 Å². The highest BCUT2D eigenvalue weighted by atomic mass is 16.6. The second-order valence-electron chi connectivity index (χ2n) is 4.97. The van der Waals surface area contributed by atoms with Gasteiger partial charge in [-0.05, 0) is 13.0 Å². The second-order valence-corrected chi connectivity index (χ2v) is 4.97. The summed E-state index contributed by atoms with van der Waals surface area (Å²) in [6, 6.07) is 3.25. The molecule has 1 aromatic carbocycles. The van der Waals surface area contributed by atoms with Gasteiger partial charge in [0.1, 0.15) is 6.29 Å². The number of nitro groups is 1. The fourth-order valence-corrected chi connectivity index (χ4v) is 2.69. The number of benzene rings is 1. The van der Waals surface area contributed by atoms with Crippen LogP contribution in [0.2, 0.25) is 0 Å². The van der Waals surface area contributed by atoms with Crippen LogP contribution in [0.1, 0.15) is 5.56 Å². The number of piperazine rings is 1. The minimum absolute atomic E-state index is 0.0154. The van der Waals surface area contributed by atoms with Gasteiger partial charge in [-0.2, -0.15) is 0 Å². The summed E-state index contributed by atoms with van der Waals surface area (Å²) in [4.78, 5) is 25.4. The number of carbonyl (C=O) groups excluding carboxylic acids is 1. The van der Waals surface area contributed by atoms with Crippen molar-refractivity contribution in [2.75, 3.05) is 44.7 Å². The molecule has 0 radical (unpaired) electrons. The molecular formula is C14H19N3O4. The van der Waals surface area contributed by atoms with Gasteiger partial charge >= 0.3 is 5.69 Å². The fraction of sp³-hybridized carbons (Fsp3) is 0.500. The van der Waals surface area contributed by atoms with Crippen molar-refractivity contribution < 1.29 is 14.5 Å². The highest BCUT2D eigenvalue weighted by Gasteiger charge is 2.24. The van der Waals surface area contributed by atoms with E-state index in [-0.39, 0.29) is 5.69 Å². The van der Waals surface area contributed by atoms with Crippen LogP contribution >= 0.6 is 0 Å². The molecule has 114 valence electrons.